The molecule has 1 aromatic carbocycles. The smallest absolute Gasteiger partial charge is 0.220 e. The highest BCUT2D eigenvalue weighted by Crippen LogP contribution is 2.15. The van der Waals surface area contributed by atoms with E-state index in [9.17, 15) is 18.7 Å². The molecule has 21 heavy (non-hydrogen) atoms. The minimum absolute atomic E-state index is 0.0562. The minimum atomic E-state index is -1.01. The largest absolute Gasteiger partial charge is 0.491 e. The average Bonchev–Trinajstić information content (AvgIpc) is 2.44. The van der Waals surface area contributed by atoms with Gasteiger partial charge in [-0.3, -0.25) is 4.79 Å². The van der Waals surface area contributed by atoms with Crippen LogP contribution in [0.15, 0.2) is 18.2 Å². The van der Waals surface area contributed by atoms with Crippen molar-refractivity contribution in [2.24, 2.45) is 5.92 Å². The van der Waals surface area contributed by atoms with E-state index in [0.29, 0.717) is 12.3 Å². The number of nitrogens with one attached hydrogen (secondary N) is 1. The summed E-state index contributed by atoms with van der Waals surface area (Å²) in [6.07, 6.45) is 0.280. The van der Waals surface area contributed by atoms with Crippen molar-refractivity contribution < 1.29 is 23.4 Å². The summed E-state index contributed by atoms with van der Waals surface area (Å²) >= 11 is 0. The quantitative estimate of drug-likeness (QED) is 0.774. The Morgan fingerprint density at radius 2 is 2.05 bits per heavy atom. The lowest BCUT2D eigenvalue weighted by atomic mass is 10.1. The molecule has 0 aliphatic heterocycles. The molecule has 2 N–H and O–H groups in total. The third-order valence-corrected chi connectivity index (χ3v) is 2.82. The molecule has 118 valence electrons. The molecule has 1 atom stereocenters. The predicted octanol–water partition coefficient (Wildman–Crippen LogP) is 2.26. The van der Waals surface area contributed by atoms with Gasteiger partial charge < -0.3 is 15.2 Å². The Morgan fingerprint density at radius 1 is 1.33 bits per heavy atom. The van der Waals surface area contributed by atoms with E-state index in [0.717, 1.165) is 18.6 Å². The van der Waals surface area contributed by atoms with Crippen molar-refractivity contribution in [1.29, 1.82) is 0 Å². The van der Waals surface area contributed by atoms with E-state index in [1.54, 1.807) is 0 Å². The fourth-order valence-electron chi connectivity index (χ4n) is 1.56. The molecule has 0 bridgehead atoms. The second kappa shape index (κ2) is 8.56. The Labute approximate surface area is 123 Å². The van der Waals surface area contributed by atoms with Crippen LogP contribution in [0.1, 0.15) is 26.7 Å². The number of hydrogen-bond acceptors (Lipinski definition) is 3. The number of aliphatic hydroxyl groups is 1. The van der Waals surface area contributed by atoms with Gasteiger partial charge in [-0.05, 0) is 24.5 Å². The van der Waals surface area contributed by atoms with Crippen LogP contribution >= 0.6 is 0 Å². The van der Waals surface area contributed by atoms with E-state index in [1.807, 2.05) is 13.8 Å². The highest BCUT2D eigenvalue weighted by atomic mass is 19.2. The maximum atomic E-state index is 12.9. The number of carbonyl (C=O) groups is 1. The molecule has 1 rings (SSSR count). The van der Waals surface area contributed by atoms with Crippen LogP contribution in [0.5, 0.6) is 5.75 Å². The van der Waals surface area contributed by atoms with Gasteiger partial charge in [0.25, 0.3) is 0 Å². The predicted molar refractivity (Wildman–Crippen MR) is 74.9 cm³/mol. The standard InChI is InChI=1S/C15H21F2NO3/c1-10(2)3-6-15(20)18-8-11(19)9-21-12-4-5-13(16)14(17)7-12/h4-5,7,10-11,19H,3,6,8-9H2,1-2H3,(H,18,20). The number of aliphatic hydroxyl groups excluding tert-OH is 1. The molecule has 1 amide bonds. The van der Waals surface area contributed by atoms with Crippen molar-refractivity contribution in [3.8, 4) is 5.75 Å². The molecule has 0 radical (unpaired) electrons. The topological polar surface area (TPSA) is 58.6 Å². The van der Waals surface area contributed by atoms with Gasteiger partial charge in [-0.1, -0.05) is 13.8 Å². The fraction of sp³-hybridized carbons (Fsp3) is 0.533. The third-order valence-electron chi connectivity index (χ3n) is 2.82. The number of amides is 1. The van der Waals surface area contributed by atoms with Crippen LogP contribution < -0.4 is 10.1 Å². The van der Waals surface area contributed by atoms with E-state index in [1.165, 1.54) is 6.07 Å². The second-order valence-electron chi connectivity index (χ2n) is 5.28. The highest BCUT2D eigenvalue weighted by Gasteiger charge is 2.10. The van der Waals surface area contributed by atoms with Crippen molar-refractivity contribution in [3.63, 3.8) is 0 Å². The molecule has 6 heteroatoms. The lowest BCUT2D eigenvalue weighted by Crippen LogP contribution is -2.35. The first-order valence-corrected chi connectivity index (χ1v) is 6.91. The monoisotopic (exact) mass is 301 g/mol. The van der Waals surface area contributed by atoms with E-state index in [-0.39, 0.29) is 24.8 Å². The fourth-order valence-corrected chi connectivity index (χ4v) is 1.56. The van der Waals surface area contributed by atoms with Crippen molar-refractivity contribution in [2.75, 3.05) is 13.2 Å². The van der Waals surface area contributed by atoms with Crippen LogP contribution in [-0.2, 0) is 4.79 Å². The summed E-state index contributed by atoms with van der Waals surface area (Å²) in [5, 5.41) is 12.2. The second-order valence-corrected chi connectivity index (χ2v) is 5.28. The number of carbonyl (C=O) groups excluding carboxylic acids is 1. The zero-order chi connectivity index (χ0) is 15.8. The Hall–Kier alpha value is -1.69. The Balaban J connectivity index is 2.26. The summed E-state index contributed by atoms with van der Waals surface area (Å²) in [6, 6.07) is 3.13. The molecule has 0 heterocycles. The SMILES string of the molecule is CC(C)CCC(=O)NCC(O)COc1ccc(F)c(F)c1. The van der Waals surface area contributed by atoms with Crippen molar-refractivity contribution in [1.82, 2.24) is 5.32 Å². The Bertz CT molecular complexity index is 466. The van der Waals surface area contributed by atoms with Gasteiger partial charge in [0.05, 0.1) is 0 Å². The lowest BCUT2D eigenvalue weighted by molar-refractivity contribution is -0.121. The highest BCUT2D eigenvalue weighted by molar-refractivity contribution is 5.75. The van der Waals surface area contributed by atoms with Crippen molar-refractivity contribution in [3.05, 3.63) is 29.8 Å². The molecule has 4 nitrogen and oxygen atoms in total. The summed E-state index contributed by atoms with van der Waals surface area (Å²) in [6.45, 7) is 3.99. The summed E-state index contributed by atoms with van der Waals surface area (Å²) in [5.41, 5.74) is 0. The first-order chi connectivity index (χ1) is 9.88. The molecule has 1 aromatic rings. The van der Waals surface area contributed by atoms with Crippen LogP contribution in [0.25, 0.3) is 0 Å². The first-order valence-electron chi connectivity index (χ1n) is 6.91. The van der Waals surface area contributed by atoms with Gasteiger partial charge in [0.2, 0.25) is 5.91 Å². The third kappa shape index (κ3) is 7.04. The molecular weight excluding hydrogens is 280 g/mol. The van der Waals surface area contributed by atoms with Crippen LogP contribution in [-0.4, -0.2) is 30.3 Å². The molecule has 0 saturated carbocycles. The maximum Gasteiger partial charge on any atom is 0.220 e. The van der Waals surface area contributed by atoms with E-state index in [2.05, 4.69) is 5.32 Å². The van der Waals surface area contributed by atoms with Crippen LogP contribution in [0.4, 0.5) is 8.78 Å². The summed E-state index contributed by atoms with van der Waals surface area (Å²) in [4.78, 5) is 11.5. The van der Waals surface area contributed by atoms with E-state index >= 15 is 0 Å². The molecule has 0 fully saturated rings. The van der Waals surface area contributed by atoms with Gasteiger partial charge in [0, 0.05) is 19.0 Å². The Kier molecular flexibility index (Phi) is 7.08. The zero-order valence-corrected chi connectivity index (χ0v) is 12.2. The minimum Gasteiger partial charge on any atom is -0.491 e. The molecule has 0 saturated heterocycles. The van der Waals surface area contributed by atoms with Crippen molar-refractivity contribution in [2.45, 2.75) is 32.8 Å². The van der Waals surface area contributed by atoms with Crippen molar-refractivity contribution >= 4 is 5.91 Å². The summed E-state index contributed by atoms with van der Waals surface area (Å²) in [5.74, 6) is -1.53. The van der Waals surface area contributed by atoms with Gasteiger partial charge in [0.15, 0.2) is 11.6 Å². The molecule has 0 spiro atoms. The van der Waals surface area contributed by atoms with Gasteiger partial charge in [0.1, 0.15) is 18.5 Å². The molecule has 0 aliphatic rings. The zero-order valence-electron chi connectivity index (χ0n) is 12.2. The summed E-state index contributed by atoms with van der Waals surface area (Å²) < 4.78 is 30.8. The number of ether oxygens (including phenoxy) is 1. The number of benzene rings is 1. The Morgan fingerprint density at radius 3 is 2.67 bits per heavy atom. The number of hydrogen-bond donors (Lipinski definition) is 2. The molecule has 0 aromatic heterocycles. The molecule has 1 unspecified atom stereocenters. The summed E-state index contributed by atoms with van der Waals surface area (Å²) in [7, 11) is 0. The average molecular weight is 301 g/mol. The van der Waals surface area contributed by atoms with E-state index in [4.69, 9.17) is 4.74 Å². The van der Waals surface area contributed by atoms with Gasteiger partial charge >= 0.3 is 0 Å². The normalized spacial score (nSPS) is 12.3. The lowest BCUT2D eigenvalue weighted by Gasteiger charge is -2.13. The molecule has 0 aliphatic carbocycles. The van der Waals surface area contributed by atoms with Crippen LogP contribution in [0.2, 0.25) is 0 Å². The number of rotatable bonds is 8. The van der Waals surface area contributed by atoms with Gasteiger partial charge in [-0.25, -0.2) is 8.78 Å². The van der Waals surface area contributed by atoms with Gasteiger partial charge in [-0.2, -0.15) is 0 Å². The molecular formula is C15H21F2NO3. The number of halogens is 2. The maximum absolute atomic E-state index is 12.9. The van der Waals surface area contributed by atoms with Gasteiger partial charge in [-0.15, -0.1) is 0 Å². The van der Waals surface area contributed by atoms with Crippen LogP contribution in [0, 0.1) is 17.6 Å². The van der Waals surface area contributed by atoms with E-state index < -0.39 is 17.7 Å². The van der Waals surface area contributed by atoms with Crippen LogP contribution in [0.3, 0.4) is 0 Å². The first kappa shape index (κ1) is 17.4.